The third-order valence-electron chi connectivity index (χ3n) is 2.82. The van der Waals surface area contributed by atoms with Crippen LogP contribution in [0.3, 0.4) is 0 Å². The molecule has 0 aromatic carbocycles. The lowest BCUT2D eigenvalue weighted by Crippen LogP contribution is -2.33. The maximum absolute atomic E-state index is 11.9. The van der Waals surface area contributed by atoms with Gasteiger partial charge < -0.3 is 14.2 Å². The number of hydrogen-bond donors (Lipinski definition) is 0. The van der Waals surface area contributed by atoms with Gasteiger partial charge in [-0.25, -0.2) is 4.79 Å². The first-order valence-electron chi connectivity index (χ1n) is 7.10. The Hall–Kier alpha value is -1.26. The molecule has 0 saturated carbocycles. The molecule has 19 heavy (non-hydrogen) atoms. The second-order valence-electron chi connectivity index (χ2n) is 4.25. The van der Waals surface area contributed by atoms with Crippen molar-refractivity contribution >= 4 is 12.1 Å². The molecule has 0 heterocycles. The Morgan fingerprint density at radius 1 is 1.00 bits per heavy atom. The Morgan fingerprint density at radius 2 is 1.63 bits per heavy atom. The summed E-state index contributed by atoms with van der Waals surface area (Å²) >= 11 is 0. The topological polar surface area (TPSA) is 61.8 Å². The van der Waals surface area contributed by atoms with Crippen LogP contribution in [0.2, 0.25) is 0 Å². The van der Waals surface area contributed by atoms with Gasteiger partial charge in [-0.1, -0.05) is 26.7 Å². The summed E-state index contributed by atoms with van der Waals surface area (Å²) < 4.78 is 15.0. The predicted octanol–water partition coefficient (Wildman–Crippen LogP) is 3.31. The molecule has 0 aliphatic rings. The van der Waals surface area contributed by atoms with Crippen LogP contribution in [0, 0.1) is 5.92 Å². The Kier molecular flexibility index (Phi) is 9.94. The molecule has 0 aliphatic carbocycles. The number of carbonyl (C=O) groups is 2. The second kappa shape index (κ2) is 10.6. The summed E-state index contributed by atoms with van der Waals surface area (Å²) in [6.07, 6.45) is 1.89. The summed E-state index contributed by atoms with van der Waals surface area (Å²) in [6, 6.07) is 0. The van der Waals surface area contributed by atoms with Gasteiger partial charge in [0.25, 0.3) is 0 Å². The molecule has 0 amide bonds. The molecule has 2 unspecified atom stereocenters. The Balaban J connectivity index is 4.65. The maximum atomic E-state index is 11.9. The highest BCUT2D eigenvalue weighted by atomic mass is 16.7. The van der Waals surface area contributed by atoms with Crippen molar-refractivity contribution in [1.82, 2.24) is 0 Å². The van der Waals surface area contributed by atoms with Crippen molar-refractivity contribution < 1.29 is 23.8 Å². The van der Waals surface area contributed by atoms with Crippen LogP contribution in [0.1, 0.15) is 53.4 Å². The third kappa shape index (κ3) is 7.03. The van der Waals surface area contributed by atoms with Gasteiger partial charge in [0.2, 0.25) is 0 Å². The molecular weight excluding hydrogens is 248 g/mol. The number of rotatable bonds is 9. The van der Waals surface area contributed by atoms with Crippen molar-refractivity contribution in [2.45, 2.75) is 59.5 Å². The lowest BCUT2D eigenvalue weighted by molar-refractivity contribution is -0.153. The molecule has 0 spiro atoms. The largest absolute Gasteiger partial charge is 0.508 e. The van der Waals surface area contributed by atoms with Crippen molar-refractivity contribution in [2.75, 3.05) is 13.2 Å². The van der Waals surface area contributed by atoms with Crippen molar-refractivity contribution in [2.24, 2.45) is 5.92 Å². The van der Waals surface area contributed by atoms with Crippen LogP contribution in [-0.4, -0.2) is 31.4 Å². The van der Waals surface area contributed by atoms with Crippen LogP contribution in [0.4, 0.5) is 4.79 Å². The maximum Gasteiger partial charge on any atom is 0.508 e. The standard InChI is InChI=1S/C14H26O5/c1-5-9-10-11(13(15)17-7-3)12(6-2)19-14(16)18-8-4/h11-12H,5-10H2,1-4H3. The van der Waals surface area contributed by atoms with E-state index < -0.39 is 18.2 Å². The van der Waals surface area contributed by atoms with Crippen molar-refractivity contribution in [1.29, 1.82) is 0 Å². The lowest BCUT2D eigenvalue weighted by atomic mass is 9.94. The van der Waals surface area contributed by atoms with Gasteiger partial charge in [0.15, 0.2) is 0 Å². The fraction of sp³-hybridized carbons (Fsp3) is 0.857. The molecule has 0 fully saturated rings. The van der Waals surface area contributed by atoms with Crippen molar-refractivity contribution in [3.63, 3.8) is 0 Å². The van der Waals surface area contributed by atoms with E-state index in [9.17, 15) is 9.59 Å². The monoisotopic (exact) mass is 274 g/mol. The van der Waals surface area contributed by atoms with E-state index in [0.29, 0.717) is 19.4 Å². The fourth-order valence-corrected chi connectivity index (χ4v) is 1.85. The van der Waals surface area contributed by atoms with E-state index in [0.717, 1.165) is 12.8 Å². The quantitative estimate of drug-likeness (QED) is 0.604. The summed E-state index contributed by atoms with van der Waals surface area (Å²) in [4.78, 5) is 23.3. The molecule has 0 bridgehead atoms. The third-order valence-corrected chi connectivity index (χ3v) is 2.82. The van der Waals surface area contributed by atoms with Gasteiger partial charge in [0, 0.05) is 0 Å². The highest BCUT2D eigenvalue weighted by Gasteiger charge is 2.31. The fourth-order valence-electron chi connectivity index (χ4n) is 1.85. The minimum atomic E-state index is -0.722. The van der Waals surface area contributed by atoms with E-state index in [1.165, 1.54) is 0 Å². The SMILES string of the molecule is CCCCC(C(=O)OCC)C(CC)OC(=O)OCC. The van der Waals surface area contributed by atoms with Gasteiger partial charge in [-0.05, 0) is 26.7 Å². The highest BCUT2D eigenvalue weighted by Crippen LogP contribution is 2.21. The van der Waals surface area contributed by atoms with Gasteiger partial charge in [0.05, 0.1) is 19.1 Å². The van der Waals surface area contributed by atoms with Crippen LogP contribution in [0.25, 0.3) is 0 Å². The first-order chi connectivity index (χ1) is 9.10. The lowest BCUT2D eigenvalue weighted by Gasteiger charge is -2.24. The molecule has 112 valence electrons. The van der Waals surface area contributed by atoms with Crippen LogP contribution in [0.5, 0.6) is 0 Å². The average molecular weight is 274 g/mol. The highest BCUT2D eigenvalue weighted by molar-refractivity contribution is 5.73. The summed E-state index contributed by atoms with van der Waals surface area (Å²) in [6.45, 7) is 7.99. The van der Waals surface area contributed by atoms with Crippen molar-refractivity contribution in [3.8, 4) is 0 Å². The van der Waals surface area contributed by atoms with E-state index in [-0.39, 0.29) is 12.6 Å². The van der Waals surface area contributed by atoms with Crippen molar-refractivity contribution in [3.05, 3.63) is 0 Å². The number of hydrogen-bond acceptors (Lipinski definition) is 5. The molecule has 0 rings (SSSR count). The van der Waals surface area contributed by atoms with Gasteiger partial charge in [0.1, 0.15) is 6.10 Å². The van der Waals surface area contributed by atoms with Crippen LogP contribution < -0.4 is 0 Å². The first kappa shape index (κ1) is 17.7. The number of esters is 1. The van der Waals surface area contributed by atoms with E-state index in [1.54, 1.807) is 13.8 Å². The Bertz CT molecular complexity index is 265. The van der Waals surface area contributed by atoms with Crippen LogP contribution in [0.15, 0.2) is 0 Å². The van der Waals surface area contributed by atoms with Crippen LogP contribution >= 0.6 is 0 Å². The molecular formula is C14H26O5. The molecule has 0 aromatic heterocycles. The predicted molar refractivity (Wildman–Crippen MR) is 71.8 cm³/mol. The average Bonchev–Trinajstić information content (AvgIpc) is 2.38. The second-order valence-corrected chi connectivity index (χ2v) is 4.25. The summed E-state index contributed by atoms with van der Waals surface area (Å²) in [5.41, 5.74) is 0. The minimum Gasteiger partial charge on any atom is -0.466 e. The molecule has 5 heteroatoms. The van der Waals surface area contributed by atoms with Gasteiger partial charge >= 0.3 is 12.1 Å². The van der Waals surface area contributed by atoms with Gasteiger partial charge in [-0.15, -0.1) is 0 Å². The van der Waals surface area contributed by atoms with Gasteiger partial charge in [-0.3, -0.25) is 4.79 Å². The summed E-state index contributed by atoms with van der Waals surface area (Å²) in [7, 11) is 0. The minimum absolute atomic E-state index is 0.258. The molecule has 2 atom stereocenters. The zero-order valence-electron chi connectivity index (χ0n) is 12.4. The molecule has 0 N–H and O–H groups in total. The van der Waals surface area contributed by atoms with E-state index in [1.807, 2.05) is 6.92 Å². The zero-order chi connectivity index (χ0) is 14.7. The van der Waals surface area contributed by atoms with E-state index in [2.05, 4.69) is 6.92 Å². The van der Waals surface area contributed by atoms with E-state index >= 15 is 0 Å². The normalized spacial score (nSPS) is 13.5. The summed E-state index contributed by atoms with van der Waals surface area (Å²) in [5, 5.41) is 0. The smallest absolute Gasteiger partial charge is 0.466 e. The van der Waals surface area contributed by atoms with E-state index in [4.69, 9.17) is 14.2 Å². The van der Waals surface area contributed by atoms with Gasteiger partial charge in [-0.2, -0.15) is 0 Å². The molecule has 0 saturated heterocycles. The molecule has 0 aliphatic heterocycles. The number of unbranched alkanes of at least 4 members (excludes halogenated alkanes) is 1. The number of ether oxygens (including phenoxy) is 3. The zero-order valence-corrected chi connectivity index (χ0v) is 12.4. The Morgan fingerprint density at radius 3 is 2.11 bits per heavy atom. The van der Waals surface area contributed by atoms with Crippen LogP contribution in [-0.2, 0) is 19.0 Å². The molecule has 0 aromatic rings. The molecule has 5 nitrogen and oxygen atoms in total. The number of carbonyl (C=O) groups excluding carboxylic acids is 2. The molecule has 0 radical (unpaired) electrons. The summed E-state index contributed by atoms with van der Waals surface area (Å²) in [5.74, 6) is -0.707. The first-order valence-corrected chi connectivity index (χ1v) is 7.10. The Labute approximate surface area is 115 Å².